The topological polar surface area (TPSA) is 59.1 Å². The van der Waals surface area contributed by atoms with Gasteiger partial charge in [-0.2, -0.15) is 0 Å². The van der Waals surface area contributed by atoms with Gasteiger partial charge in [0.2, 0.25) is 0 Å². The van der Waals surface area contributed by atoms with Crippen LogP contribution >= 0.6 is 0 Å². The van der Waals surface area contributed by atoms with Gasteiger partial charge in [-0.1, -0.05) is 0 Å². The summed E-state index contributed by atoms with van der Waals surface area (Å²) >= 11 is 0. The lowest BCUT2D eigenvalue weighted by atomic mass is 10.2. The maximum Gasteiger partial charge on any atom is 0.267 e. The lowest BCUT2D eigenvalue weighted by Gasteiger charge is -2.05. The zero-order chi connectivity index (χ0) is 10.0. The third kappa shape index (κ3) is 1.89. The molecule has 0 aliphatic rings. The molecule has 0 bridgehead atoms. The number of nitrogens with zero attached hydrogens (tertiary/aromatic N) is 1. The summed E-state index contributed by atoms with van der Waals surface area (Å²) in [4.78, 5) is 3.29. The molecule has 72 valence electrons. The summed E-state index contributed by atoms with van der Waals surface area (Å²) in [6.45, 7) is -0.667. The van der Waals surface area contributed by atoms with Gasteiger partial charge in [-0.15, -0.1) is 0 Å². The van der Waals surface area contributed by atoms with Gasteiger partial charge in [-0.05, 0) is 6.07 Å². The number of aromatic nitrogens is 1. The van der Waals surface area contributed by atoms with Gasteiger partial charge in [0.05, 0.1) is 12.2 Å². The molecule has 1 aromatic heterocycles. The van der Waals surface area contributed by atoms with E-state index in [0.717, 1.165) is 0 Å². The zero-order valence-electron chi connectivity index (χ0n) is 6.47. The van der Waals surface area contributed by atoms with E-state index >= 15 is 0 Å². The molecule has 0 aliphatic carbocycles. The Kier molecular flexibility index (Phi) is 2.72. The molecule has 1 heterocycles. The average Bonchev–Trinajstić information content (AvgIpc) is 2.07. The molecular formula is C7H7F3N2O. The van der Waals surface area contributed by atoms with Crippen molar-refractivity contribution in [3.8, 4) is 0 Å². The highest BCUT2D eigenvalue weighted by Crippen LogP contribution is 2.25. The maximum atomic E-state index is 12.8. The number of hydrogen-bond donors (Lipinski definition) is 2. The number of pyridine rings is 1. The van der Waals surface area contributed by atoms with Gasteiger partial charge >= 0.3 is 0 Å². The van der Waals surface area contributed by atoms with Crippen LogP contribution in [-0.4, -0.2) is 10.1 Å². The van der Waals surface area contributed by atoms with Gasteiger partial charge in [0, 0.05) is 0 Å². The normalized spacial score (nSPS) is 10.8. The molecule has 0 unspecified atom stereocenters. The summed E-state index contributed by atoms with van der Waals surface area (Å²) < 4.78 is 37.0. The number of hydrogen-bond acceptors (Lipinski definition) is 3. The average molecular weight is 192 g/mol. The monoisotopic (exact) mass is 192 g/mol. The number of nitrogen functional groups attached to an aromatic ring is 1. The van der Waals surface area contributed by atoms with Crippen molar-refractivity contribution in [2.75, 3.05) is 5.73 Å². The number of aliphatic hydroxyl groups is 1. The molecule has 0 spiro atoms. The second-order valence-corrected chi connectivity index (χ2v) is 2.35. The number of alkyl halides is 2. The maximum absolute atomic E-state index is 12.8. The van der Waals surface area contributed by atoms with Crippen LogP contribution in [0.4, 0.5) is 19.0 Å². The van der Waals surface area contributed by atoms with Crippen molar-refractivity contribution in [1.29, 1.82) is 0 Å². The SMILES string of the molecule is Nc1nc(CO)c(F)cc1C(F)F. The Labute approximate surface area is 72.0 Å². The molecule has 0 atom stereocenters. The van der Waals surface area contributed by atoms with Crippen LogP contribution in [0.15, 0.2) is 6.07 Å². The van der Waals surface area contributed by atoms with Crippen LogP contribution in [0.25, 0.3) is 0 Å². The van der Waals surface area contributed by atoms with Crippen LogP contribution in [-0.2, 0) is 6.61 Å². The highest BCUT2D eigenvalue weighted by atomic mass is 19.3. The van der Waals surface area contributed by atoms with Crippen molar-refractivity contribution in [3.63, 3.8) is 0 Å². The number of halogens is 3. The minimum absolute atomic E-state index is 0.332. The number of aliphatic hydroxyl groups excluding tert-OH is 1. The van der Waals surface area contributed by atoms with E-state index in [1.807, 2.05) is 0 Å². The molecule has 0 saturated carbocycles. The molecule has 0 fully saturated rings. The van der Waals surface area contributed by atoms with Crippen LogP contribution in [0.1, 0.15) is 17.7 Å². The fourth-order valence-corrected chi connectivity index (χ4v) is 0.843. The first kappa shape index (κ1) is 9.79. The Balaban J connectivity index is 3.20. The molecule has 0 saturated heterocycles. The summed E-state index contributed by atoms with van der Waals surface area (Å²) in [7, 11) is 0. The summed E-state index contributed by atoms with van der Waals surface area (Å²) in [6, 6.07) is 0.582. The largest absolute Gasteiger partial charge is 0.390 e. The molecule has 0 amide bonds. The predicted molar refractivity (Wildman–Crippen MR) is 39.5 cm³/mol. The Morgan fingerprint density at radius 2 is 2.15 bits per heavy atom. The lowest BCUT2D eigenvalue weighted by Crippen LogP contribution is -2.04. The molecule has 0 radical (unpaired) electrons. The summed E-state index contributed by atoms with van der Waals surface area (Å²) in [5.74, 6) is -1.44. The van der Waals surface area contributed by atoms with E-state index in [1.54, 1.807) is 0 Å². The highest BCUT2D eigenvalue weighted by molar-refractivity contribution is 5.41. The van der Waals surface area contributed by atoms with Gasteiger partial charge in [0.1, 0.15) is 17.3 Å². The van der Waals surface area contributed by atoms with E-state index in [4.69, 9.17) is 10.8 Å². The van der Waals surface area contributed by atoms with Gasteiger partial charge < -0.3 is 10.8 Å². The van der Waals surface area contributed by atoms with Crippen molar-refractivity contribution >= 4 is 5.82 Å². The van der Waals surface area contributed by atoms with Gasteiger partial charge in [-0.3, -0.25) is 0 Å². The summed E-state index contributed by atoms with van der Waals surface area (Å²) in [6.07, 6.45) is -2.87. The third-order valence-corrected chi connectivity index (χ3v) is 1.49. The van der Waals surface area contributed by atoms with Gasteiger partial charge in [-0.25, -0.2) is 18.2 Å². The van der Waals surface area contributed by atoms with Crippen LogP contribution in [0.3, 0.4) is 0 Å². The Morgan fingerprint density at radius 1 is 1.54 bits per heavy atom. The fourth-order valence-electron chi connectivity index (χ4n) is 0.843. The minimum Gasteiger partial charge on any atom is -0.390 e. The standard InChI is InChI=1S/C7H7F3N2O/c8-4-1-3(6(9)10)7(11)12-5(4)2-13/h1,6,13H,2H2,(H2,11,12). The molecular weight excluding hydrogens is 185 g/mol. The fraction of sp³-hybridized carbons (Fsp3) is 0.286. The van der Waals surface area contributed by atoms with E-state index in [0.29, 0.717) is 6.07 Å². The summed E-state index contributed by atoms with van der Waals surface area (Å²) in [5, 5.41) is 8.53. The molecule has 0 aliphatic heterocycles. The second kappa shape index (κ2) is 3.61. The Morgan fingerprint density at radius 3 is 2.62 bits per heavy atom. The van der Waals surface area contributed by atoms with E-state index in [2.05, 4.69) is 4.98 Å². The van der Waals surface area contributed by atoms with Gasteiger partial charge in [0.25, 0.3) is 6.43 Å². The Hall–Kier alpha value is -1.30. The smallest absolute Gasteiger partial charge is 0.267 e. The first-order valence-corrected chi connectivity index (χ1v) is 3.40. The van der Waals surface area contributed by atoms with E-state index < -0.39 is 30.2 Å². The predicted octanol–water partition coefficient (Wildman–Crippen LogP) is 1.23. The summed E-state index contributed by atoms with van der Waals surface area (Å²) in [5.41, 5.74) is 4.11. The van der Waals surface area contributed by atoms with Crippen molar-refractivity contribution in [1.82, 2.24) is 4.98 Å². The van der Waals surface area contributed by atoms with E-state index in [-0.39, 0.29) is 5.69 Å². The second-order valence-electron chi connectivity index (χ2n) is 2.35. The molecule has 1 aromatic rings. The molecule has 0 aromatic carbocycles. The highest BCUT2D eigenvalue weighted by Gasteiger charge is 2.16. The number of anilines is 1. The minimum atomic E-state index is -2.87. The molecule has 6 heteroatoms. The molecule has 13 heavy (non-hydrogen) atoms. The molecule has 3 N–H and O–H groups in total. The first-order valence-electron chi connectivity index (χ1n) is 3.40. The Bertz CT molecular complexity index is 317. The van der Waals surface area contributed by atoms with Crippen molar-refractivity contribution < 1.29 is 18.3 Å². The van der Waals surface area contributed by atoms with Crippen LogP contribution < -0.4 is 5.73 Å². The lowest BCUT2D eigenvalue weighted by molar-refractivity contribution is 0.151. The van der Waals surface area contributed by atoms with Crippen LogP contribution in [0.2, 0.25) is 0 Å². The van der Waals surface area contributed by atoms with E-state index in [1.165, 1.54) is 0 Å². The quantitative estimate of drug-likeness (QED) is 0.740. The van der Waals surface area contributed by atoms with Crippen molar-refractivity contribution in [2.24, 2.45) is 0 Å². The van der Waals surface area contributed by atoms with Gasteiger partial charge in [0.15, 0.2) is 0 Å². The molecule has 1 rings (SSSR count). The third-order valence-electron chi connectivity index (χ3n) is 1.49. The van der Waals surface area contributed by atoms with Crippen molar-refractivity contribution in [3.05, 3.63) is 23.1 Å². The van der Waals surface area contributed by atoms with Crippen LogP contribution in [0.5, 0.6) is 0 Å². The van der Waals surface area contributed by atoms with E-state index in [9.17, 15) is 13.2 Å². The van der Waals surface area contributed by atoms with Crippen LogP contribution in [0, 0.1) is 5.82 Å². The van der Waals surface area contributed by atoms with Crippen molar-refractivity contribution in [2.45, 2.75) is 13.0 Å². The number of nitrogens with two attached hydrogens (primary N) is 1. The molecule has 3 nitrogen and oxygen atoms in total. The number of rotatable bonds is 2. The zero-order valence-corrected chi connectivity index (χ0v) is 6.47. The first-order chi connectivity index (χ1) is 6.06.